The van der Waals surface area contributed by atoms with Gasteiger partial charge in [0.05, 0.1) is 5.92 Å². The Bertz CT molecular complexity index is 769. The van der Waals surface area contributed by atoms with Crippen LogP contribution in [0.4, 0.5) is 5.69 Å². The third-order valence-corrected chi connectivity index (χ3v) is 4.36. The number of amides is 1. The van der Waals surface area contributed by atoms with Crippen molar-refractivity contribution in [3.05, 3.63) is 102 Å². The Morgan fingerprint density at radius 1 is 0.760 bits per heavy atom. The van der Waals surface area contributed by atoms with E-state index in [9.17, 15) is 4.79 Å². The fourth-order valence-corrected chi connectivity index (χ4v) is 3.04. The second kappa shape index (κ2) is 8.84. The lowest BCUT2D eigenvalue weighted by Crippen LogP contribution is -2.21. The molecule has 1 atom stereocenters. The topological polar surface area (TPSA) is 29.1 Å². The smallest absolute Gasteiger partial charge is 0.231 e. The molecule has 0 saturated carbocycles. The molecule has 25 heavy (non-hydrogen) atoms. The average Bonchev–Trinajstić information content (AvgIpc) is 2.67. The SMILES string of the molecule is O=C(Nc1ccccc1)[C@@H](CCCc1ccccc1)c1ccccc1. The molecule has 0 aromatic heterocycles. The van der Waals surface area contributed by atoms with Gasteiger partial charge in [-0.05, 0) is 42.5 Å². The lowest BCUT2D eigenvalue weighted by Gasteiger charge is -2.17. The summed E-state index contributed by atoms with van der Waals surface area (Å²) in [6.45, 7) is 0. The summed E-state index contributed by atoms with van der Waals surface area (Å²) < 4.78 is 0. The van der Waals surface area contributed by atoms with Crippen molar-refractivity contribution in [2.45, 2.75) is 25.2 Å². The highest BCUT2D eigenvalue weighted by Gasteiger charge is 2.20. The average molecular weight is 329 g/mol. The highest BCUT2D eigenvalue weighted by atomic mass is 16.1. The van der Waals surface area contributed by atoms with E-state index in [0.29, 0.717) is 0 Å². The molecular formula is C23H23NO. The van der Waals surface area contributed by atoms with Crippen molar-refractivity contribution in [1.82, 2.24) is 0 Å². The van der Waals surface area contributed by atoms with Gasteiger partial charge in [-0.2, -0.15) is 0 Å². The Morgan fingerprint density at radius 3 is 1.96 bits per heavy atom. The number of hydrogen-bond donors (Lipinski definition) is 1. The summed E-state index contributed by atoms with van der Waals surface area (Å²) in [6.07, 6.45) is 2.80. The van der Waals surface area contributed by atoms with E-state index in [1.54, 1.807) is 0 Å². The third-order valence-electron chi connectivity index (χ3n) is 4.36. The summed E-state index contributed by atoms with van der Waals surface area (Å²) in [5.41, 5.74) is 3.23. The minimum absolute atomic E-state index is 0.0606. The van der Waals surface area contributed by atoms with Crippen LogP contribution >= 0.6 is 0 Å². The van der Waals surface area contributed by atoms with Crippen LogP contribution in [0.2, 0.25) is 0 Å². The minimum atomic E-state index is -0.134. The van der Waals surface area contributed by atoms with Gasteiger partial charge in [0.1, 0.15) is 0 Å². The molecule has 0 aliphatic rings. The standard InChI is InChI=1S/C23H23NO/c25-23(24-21-16-8-3-9-17-21)22(20-14-6-2-7-15-20)18-10-13-19-11-4-1-5-12-19/h1-9,11-12,14-17,22H,10,13,18H2,(H,24,25)/t22-/m0/s1. The highest BCUT2D eigenvalue weighted by Crippen LogP contribution is 2.24. The van der Waals surface area contributed by atoms with Gasteiger partial charge >= 0.3 is 0 Å². The van der Waals surface area contributed by atoms with Gasteiger partial charge in [-0.1, -0.05) is 78.9 Å². The molecule has 1 amide bonds. The van der Waals surface area contributed by atoms with Crippen molar-refractivity contribution >= 4 is 11.6 Å². The Labute approximate surface area is 149 Å². The summed E-state index contributed by atoms with van der Waals surface area (Å²) in [5, 5.41) is 3.05. The van der Waals surface area contributed by atoms with E-state index in [1.165, 1.54) is 5.56 Å². The lowest BCUT2D eigenvalue weighted by molar-refractivity contribution is -0.117. The minimum Gasteiger partial charge on any atom is -0.326 e. The number of anilines is 1. The van der Waals surface area contributed by atoms with Gasteiger partial charge in [-0.15, -0.1) is 0 Å². The summed E-state index contributed by atoms with van der Waals surface area (Å²) in [5.74, 6) is -0.0735. The molecular weight excluding hydrogens is 306 g/mol. The van der Waals surface area contributed by atoms with Crippen molar-refractivity contribution in [2.75, 3.05) is 5.32 Å². The van der Waals surface area contributed by atoms with Gasteiger partial charge in [0, 0.05) is 5.69 Å². The molecule has 0 unspecified atom stereocenters. The van der Waals surface area contributed by atoms with E-state index in [2.05, 4.69) is 29.6 Å². The Hall–Kier alpha value is -2.87. The number of nitrogens with one attached hydrogen (secondary N) is 1. The zero-order valence-corrected chi connectivity index (χ0v) is 14.3. The molecule has 0 bridgehead atoms. The fraction of sp³-hybridized carbons (Fsp3) is 0.174. The molecule has 3 aromatic rings. The molecule has 3 rings (SSSR count). The number of aryl methyl sites for hydroxylation is 1. The van der Waals surface area contributed by atoms with Crippen molar-refractivity contribution in [1.29, 1.82) is 0 Å². The number of hydrogen-bond acceptors (Lipinski definition) is 1. The second-order valence-electron chi connectivity index (χ2n) is 6.20. The molecule has 0 aliphatic heterocycles. The van der Waals surface area contributed by atoms with Crippen LogP contribution in [-0.2, 0) is 11.2 Å². The first-order valence-electron chi connectivity index (χ1n) is 8.78. The zero-order chi connectivity index (χ0) is 17.3. The molecule has 0 aliphatic carbocycles. The fourth-order valence-electron chi connectivity index (χ4n) is 3.04. The van der Waals surface area contributed by atoms with Crippen molar-refractivity contribution in [3.8, 4) is 0 Å². The van der Waals surface area contributed by atoms with Crippen LogP contribution in [0.25, 0.3) is 0 Å². The predicted molar refractivity (Wildman–Crippen MR) is 104 cm³/mol. The Morgan fingerprint density at radius 2 is 1.32 bits per heavy atom. The summed E-state index contributed by atoms with van der Waals surface area (Å²) in [4.78, 5) is 12.8. The third kappa shape index (κ3) is 5.05. The summed E-state index contributed by atoms with van der Waals surface area (Å²) >= 11 is 0. The Balaban J connectivity index is 1.68. The van der Waals surface area contributed by atoms with Gasteiger partial charge in [-0.3, -0.25) is 4.79 Å². The van der Waals surface area contributed by atoms with Crippen LogP contribution in [-0.4, -0.2) is 5.91 Å². The number of carbonyl (C=O) groups excluding carboxylic acids is 1. The zero-order valence-electron chi connectivity index (χ0n) is 14.3. The number of rotatable bonds is 7. The van der Waals surface area contributed by atoms with Crippen LogP contribution in [0.5, 0.6) is 0 Å². The lowest BCUT2D eigenvalue weighted by atomic mass is 9.91. The van der Waals surface area contributed by atoms with Crippen LogP contribution in [0.1, 0.15) is 29.9 Å². The van der Waals surface area contributed by atoms with E-state index in [4.69, 9.17) is 0 Å². The van der Waals surface area contributed by atoms with Gasteiger partial charge < -0.3 is 5.32 Å². The maximum Gasteiger partial charge on any atom is 0.231 e. The van der Waals surface area contributed by atoms with Crippen molar-refractivity contribution in [3.63, 3.8) is 0 Å². The van der Waals surface area contributed by atoms with E-state index in [-0.39, 0.29) is 11.8 Å². The highest BCUT2D eigenvalue weighted by molar-refractivity contribution is 5.95. The largest absolute Gasteiger partial charge is 0.326 e. The Kier molecular flexibility index (Phi) is 6.00. The monoisotopic (exact) mass is 329 g/mol. The molecule has 0 heterocycles. The van der Waals surface area contributed by atoms with Gasteiger partial charge in [0.25, 0.3) is 0 Å². The molecule has 0 fully saturated rings. The van der Waals surface area contributed by atoms with Gasteiger partial charge in [0.2, 0.25) is 5.91 Å². The van der Waals surface area contributed by atoms with E-state index in [0.717, 1.165) is 30.5 Å². The molecule has 126 valence electrons. The summed E-state index contributed by atoms with van der Waals surface area (Å²) in [7, 11) is 0. The van der Waals surface area contributed by atoms with Gasteiger partial charge in [0.15, 0.2) is 0 Å². The number of benzene rings is 3. The first-order chi connectivity index (χ1) is 12.3. The van der Waals surface area contributed by atoms with Crippen molar-refractivity contribution < 1.29 is 4.79 Å². The molecule has 0 radical (unpaired) electrons. The predicted octanol–water partition coefficient (Wildman–Crippen LogP) is 5.43. The molecule has 3 aromatic carbocycles. The van der Waals surface area contributed by atoms with Crippen LogP contribution in [0.3, 0.4) is 0 Å². The van der Waals surface area contributed by atoms with Crippen LogP contribution in [0, 0.1) is 0 Å². The van der Waals surface area contributed by atoms with Gasteiger partial charge in [-0.25, -0.2) is 0 Å². The maximum atomic E-state index is 12.8. The molecule has 0 spiro atoms. The summed E-state index contributed by atoms with van der Waals surface area (Å²) in [6, 6.07) is 30.1. The first-order valence-corrected chi connectivity index (χ1v) is 8.78. The van der Waals surface area contributed by atoms with E-state index < -0.39 is 0 Å². The quantitative estimate of drug-likeness (QED) is 0.615. The van der Waals surface area contributed by atoms with Crippen molar-refractivity contribution in [2.24, 2.45) is 0 Å². The van der Waals surface area contributed by atoms with E-state index >= 15 is 0 Å². The van der Waals surface area contributed by atoms with Crippen LogP contribution in [0.15, 0.2) is 91.0 Å². The maximum absolute atomic E-state index is 12.8. The number of carbonyl (C=O) groups is 1. The van der Waals surface area contributed by atoms with E-state index in [1.807, 2.05) is 66.7 Å². The molecule has 2 nitrogen and oxygen atoms in total. The number of para-hydroxylation sites is 1. The molecule has 1 N–H and O–H groups in total. The normalized spacial score (nSPS) is 11.7. The molecule has 2 heteroatoms. The van der Waals surface area contributed by atoms with Crippen LogP contribution < -0.4 is 5.32 Å². The first kappa shape index (κ1) is 17.0. The second-order valence-corrected chi connectivity index (χ2v) is 6.20. The molecule has 0 saturated heterocycles.